The third-order valence-electron chi connectivity index (χ3n) is 7.23. The van der Waals surface area contributed by atoms with Crippen LogP contribution in [-0.4, -0.2) is 42.3 Å². The predicted molar refractivity (Wildman–Crippen MR) is 150 cm³/mol. The fraction of sp³-hybridized carbons (Fsp3) is 0.387. The molecule has 1 unspecified atom stereocenters. The number of nitrogens with zero attached hydrogens (tertiary/aromatic N) is 3. The number of carbonyl (C=O) groups is 2. The molecular formula is C31H37FN4O2. The number of nitrogens with one attached hydrogen (secondary N) is 1. The summed E-state index contributed by atoms with van der Waals surface area (Å²) in [5.41, 5.74) is 3.15. The minimum absolute atomic E-state index is 0.0503. The van der Waals surface area contributed by atoms with E-state index in [1.54, 1.807) is 30.2 Å². The van der Waals surface area contributed by atoms with Crippen molar-refractivity contribution in [2.45, 2.75) is 52.0 Å². The molecule has 0 bridgehead atoms. The molecule has 0 radical (unpaired) electrons. The molecule has 38 heavy (non-hydrogen) atoms. The first-order chi connectivity index (χ1) is 18.0. The summed E-state index contributed by atoms with van der Waals surface area (Å²) in [7, 11) is 3.81. The van der Waals surface area contributed by atoms with Crippen LogP contribution in [0.3, 0.4) is 0 Å². The van der Waals surface area contributed by atoms with E-state index in [0.717, 1.165) is 22.6 Å². The first-order valence-corrected chi connectivity index (χ1v) is 13.1. The number of piperidine rings is 1. The van der Waals surface area contributed by atoms with Gasteiger partial charge in [0.15, 0.2) is 0 Å². The zero-order chi connectivity index (χ0) is 27.6. The van der Waals surface area contributed by atoms with Gasteiger partial charge in [-0.15, -0.1) is 0 Å². The van der Waals surface area contributed by atoms with Crippen LogP contribution in [0.5, 0.6) is 0 Å². The maximum atomic E-state index is 14.9. The maximum Gasteiger partial charge on any atom is 0.257 e. The molecule has 1 aromatic heterocycles. The lowest BCUT2D eigenvalue weighted by molar-refractivity contribution is -0.123. The molecule has 6 nitrogen and oxygen atoms in total. The number of amides is 2. The molecule has 1 fully saturated rings. The van der Waals surface area contributed by atoms with Crippen molar-refractivity contribution >= 4 is 23.3 Å². The highest BCUT2D eigenvalue weighted by molar-refractivity contribution is 5.98. The number of hydrogen-bond acceptors (Lipinski definition) is 4. The number of aryl methyl sites for hydroxylation is 1. The summed E-state index contributed by atoms with van der Waals surface area (Å²) in [6.07, 6.45) is 2.96. The average molecular weight is 517 g/mol. The van der Waals surface area contributed by atoms with E-state index in [2.05, 4.69) is 31.1 Å². The first kappa shape index (κ1) is 27.3. The number of hydrogen-bond donors (Lipinski definition) is 1. The van der Waals surface area contributed by atoms with Gasteiger partial charge in [-0.05, 0) is 66.1 Å². The Bertz CT molecular complexity index is 1290. The summed E-state index contributed by atoms with van der Waals surface area (Å²) < 4.78 is 14.9. The molecule has 3 aromatic rings. The molecule has 0 spiro atoms. The smallest absolute Gasteiger partial charge is 0.257 e. The lowest BCUT2D eigenvalue weighted by atomic mass is 9.83. The van der Waals surface area contributed by atoms with Crippen molar-refractivity contribution in [3.05, 3.63) is 88.9 Å². The Labute approximate surface area is 224 Å². The summed E-state index contributed by atoms with van der Waals surface area (Å²) in [5.74, 6) is -0.882. The number of aromatic nitrogens is 1. The lowest BCUT2D eigenvalue weighted by Crippen LogP contribution is -2.46. The number of halogens is 1. The van der Waals surface area contributed by atoms with Crippen molar-refractivity contribution in [1.82, 2.24) is 9.88 Å². The van der Waals surface area contributed by atoms with Crippen LogP contribution in [0, 0.1) is 18.7 Å². The fourth-order valence-electron chi connectivity index (χ4n) is 5.09. The summed E-state index contributed by atoms with van der Waals surface area (Å²) >= 11 is 0. The number of carbonyl (C=O) groups excluding carboxylic acids is 2. The molecule has 2 aromatic carbocycles. The minimum Gasteiger partial charge on any atom is -0.363 e. The van der Waals surface area contributed by atoms with E-state index in [9.17, 15) is 14.0 Å². The van der Waals surface area contributed by atoms with Crippen LogP contribution in [0.15, 0.2) is 60.8 Å². The monoisotopic (exact) mass is 516 g/mol. The fourth-order valence-corrected chi connectivity index (χ4v) is 5.09. The number of likely N-dealkylation sites (tertiary alicyclic amines) is 1. The Morgan fingerprint density at radius 1 is 1.08 bits per heavy atom. The normalized spacial score (nSPS) is 17.7. The zero-order valence-corrected chi connectivity index (χ0v) is 23.1. The van der Waals surface area contributed by atoms with E-state index in [-0.39, 0.29) is 16.9 Å². The second-order valence-electron chi connectivity index (χ2n) is 11.3. The number of anilines is 2. The molecule has 7 heteroatoms. The molecule has 2 amide bonds. The van der Waals surface area contributed by atoms with E-state index in [0.29, 0.717) is 24.9 Å². The average Bonchev–Trinajstić information content (AvgIpc) is 2.87. The minimum atomic E-state index is -0.579. The highest BCUT2D eigenvalue weighted by Gasteiger charge is 2.40. The Morgan fingerprint density at radius 2 is 1.82 bits per heavy atom. The van der Waals surface area contributed by atoms with Gasteiger partial charge in [-0.25, -0.2) is 9.37 Å². The van der Waals surface area contributed by atoms with E-state index < -0.39 is 23.7 Å². The predicted octanol–water partition coefficient (Wildman–Crippen LogP) is 6.12. The van der Waals surface area contributed by atoms with Crippen molar-refractivity contribution in [2.24, 2.45) is 5.92 Å². The first-order valence-electron chi connectivity index (χ1n) is 13.1. The van der Waals surface area contributed by atoms with Gasteiger partial charge in [0.2, 0.25) is 5.91 Å². The number of benzene rings is 2. The molecule has 0 saturated carbocycles. The molecule has 4 rings (SSSR count). The van der Waals surface area contributed by atoms with Gasteiger partial charge < -0.3 is 15.1 Å². The highest BCUT2D eigenvalue weighted by Crippen LogP contribution is 2.39. The largest absolute Gasteiger partial charge is 0.363 e. The molecule has 1 aliphatic heterocycles. The van der Waals surface area contributed by atoms with Gasteiger partial charge in [-0.3, -0.25) is 9.59 Å². The van der Waals surface area contributed by atoms with Gasteiger partial charge in [0.25, 0.3) is 5.91 Å². The quantitative estimate of drug-likeness (QED) is 0.443. The van der Waals surface area contributed by atoms with Crippen LogP contribution in [0.1, 0.15) is 66.7 Å². The Hall–Kier alpha value is -3.74. The van der Waals surface area contributed by atoms with Gasteiger partial charge >= 0.3 is 0 Å². The topological polar surface area (TPSA) is 65.5 Å². The van der Waals surface area contributed by atoms with Crippen molar-refractivity contribution in [3.63, 3.8) is 0 Å². The maximum absolute atomic E-state index is 14.9. The summed E-state index contributed by atoms with van der Waals surface area (Å²) in [5, 5.41) is 3.10. The van der Waals surface area contributed by atoms with Crippen LogP contribution >= 0.6 is 0 Å². The zero-order valence-electron chi connectivity index (χ0n) is 23.1. The summed E-state index contributed by atoms with van der Waals surface area (Å²) in [6, 6.07) is 15.7. The van der Waals surface area contributed by atoms with Crippen molar-refractivity contribution in [3.8, 4) is 0 Å². The Kier molecular flexibility index (Phi) is 7.86. The molecule has 1 saturated heterocycles. The molecule has 200 valence electrons. The van der Waals surface area contributed by atoms with Gasteiger partial charge in [-0.2, -0.15) is 0 Å². The molecule has 2 heterocycles. The van der Waals surface area contributed by atoms with E-state index in [1.807, 2.05) is 55.4 Å². The Balaban J connectivity index is 1.72. The highest BCUT2D eigenvalue weighted by atomic mass is 19.1. The van der Waals surface area contributed by atoms with Gasteiger partial charge in [-0.1, -0.05) is 51.1 Å². The molecule has 0 aliphatic carbocycles. The third-order valence-corrected chi connectivity index (χ3v) is 7.23. The second-order valence-corrected chi connectivity index (χ2v) is 11.3. The van der Waals surface area contributed by atoms with Crippen molar-refractivity contribution in [1.29, 1.82) is 0 Å². The van der Waals surface area contributed by atoms with E-state index in [4.69, 9.17) is 0 Å². The lowest BCUT2D eigenvalue weighted by Gasteiger charge is -2.41. The standard InChI is InChI=1S/C31H37FN4O2/c1-20-10-7-14-25(32)27(20)30(38)36-17-9-13-24(28(36)21-15-16-26(33-19-21)35(5)6)29(37)34-23-12-8-11-22(18-23)31(2,3)4/h7-8,10-12,14-16,18-19,24,28H,9,13,17H2,1-6H3,(H,34,37)/t24-,28?/m0/s1. The van der Waals surface area contributed by atoms with Gasteiger partial charge in [0, 0.05) is 32.5 Å². The van der Waals surface area contributed by atoms with E-state index in [1.165, 1.54) is 6.07 Å². The Morgan fingerprint density at radius 3 is 2.45 bits per heavy atom. The van der Waals surface area contributed by atoms with Crippen LogP contribution in [-0.2, 0) is 10.2 Å². The molecule has 1 N–H and O–H groups in total. The molecule has 2 atom stereocenters. The van der Waals surface area contributed by atoms with Gasteiger partial charge in [0.05, 0.1) is 17.5 Å². The molecular weight excluding hydrogens is 479 g/mol. The third kappa shape index (κ3) is 5.72. The van der Waals surface area contributed by atoms with Crippen LogP contribution < -0.4 is 10.2 Å². The SMILES string of the molecule is Cc1cccc(F)c1C(=O)N1CCC[C@H](C(=O)Nc2cccc(C(C)(C)C)c2)C1c1ccc(N(C)C)nc1. The molecule has 1 aliphatic rings. The van der Waals surface area contributed by atoms with E-state index >= 15 is 0 Å². The second kappa shape index (κ2) is 10.9. The van der Waals surface area contributed by atoms with Crippen molar-refractivity contribution in [2.75, 3.05) is 30.9 Å². The summed E-state index contributed by atoms with van der Waals surface area (Å²) in [4.78, 5) is 35.7. The summed E-state index contributed by atoms with van der Waals surface area (Å²) in [6.45, 7) is 8.54. The van der Waals surface area contributed by atoms with Crippen LogP contribution in [0.25, 0.3) is 0 Å². The van der Waals surface area contributed by atoms with Crippen LogP contribution in [0.4, 0.5) is 15.9 Å². The number of pyridine rings is 1. The van der Waals surface area contributed by atoms with Gasteiger partial charge in [0.1, 0.15) is 11.6 Å². The number of rotatable bonds is 5. The van der Waals surface area contributed by atoms with Crippen LogP contribution in [0.2, 0.25) is 0 Å². The van der Waals surface area contributed by atoms with Crippen molar-refractivity contribution < 1.29 is 14.0 Å².